The summed E-state index contributed by atoms with van der Waals surface area (Å²) < 4.78 is 5.75. The van der Waals surface area contributed by atoms with Crippen molar-refractivity contribution in [2.45, 2.75) is 0 Å². The summed E-state index contributed by atoms with van der Waals surface area (Å²) in [5, 5.41) is 13.8. The highest BCUT2D eigenvalue weighted by atomic mass is 79.9. The van der Waals surface area contributed by atoms with E-state index in [1.54, 1.807) is 24.3 Å². The number of halogens is 1. The van der Waals surface area contributed by atoms with Crippen LogP contribution in [-0.2, 0) is 0 Å². The quantitative estimate of drug-likeness (QED) is 0.655. The molecule has 1 amide bonds. The molecule has 0 aliphatic heterocycles. The van der Waals surface area contributed by atoms with Crippen molar-refractivity contribution >= 4 is 28.1 Å². The van der Waals surface area contributed by atoms with Crippen LogP contribution in [0.5, 0.6) is 11.5 Å². The van der Waals surface area contributed by atoms with Gasteiger partial charge in [0.25, 0.3) is 5.91 Å². The van der Waals surface area contributed by atoms with Crippen molar-refractivity contribution in [3.63, 3.8) is 0 Å². The minimum Gasteiger partial charge on any atom is -0.504 e. The minimum atomic E-state index is -0.366. The summed E-state index contributed by atoms with van der Waals surface area (Å²) in [4.78, 5) is 15.6. The summed E-state index contributed by atoms with van der Waals surface area (Å²) in [6, 6.07) is 6.43. The van der Waals surface area contributed by atoms with Crippen molar-refractivity contribution in [1.82, 2.24) is 10.4 Å². The number of phenols is 1. The van der Waals surface area contributed by atoms with E-state index in [9.17, 15) is 9.90 Å². The molecule has 1 aromatic carbocycles. The summed E-state index contributed by atoms with van der Waals surface area (Å²) in [5.74, 6) is -0.107. The molecule has 0 aliphatic carbocycles. The van der Waals surface area contributed by atoms with Gasteiger partial charge in [0.15, 0.2) is 11.5 Å². The zero-order chi connectivity index (χ0) is 15.2. The predicted octanol–water partition coefficient (Wildman–Crippen LogP) is 2.32. The van der Waals surface area contributed by atoms with Gasteiger partial charge in [-0.2, -0.15) is 5.10 Å². The number of methoxy groups -OCH3 is 1. The van der Waals surface area contributed by atoms with Gasteiger partial charge in [0.1, 0.15) is 0 Å². The Bertz CT molecular complexity index is 675. The standard InChI is InChI=1S/C14H12BrN3O3/c1-21-12-7-11(15)6-10(13(12)19)8-17-18-14(20)9-2-4-16-5-3-9/h2-8,19H,1H3,(H,18,20)/b17-8-. The molecule has 7 heteroatoms. The molecule has 1 heterocycles. The normalized spacial score (nSPS) is 10.6. The number of phenolic OH excluding ortho intramolecular Hbond substituents is 1. The molecule has 0 unspecified atom stereocenters. The molecule has 0 radical (unpaired) electrons. The van der Waals surface area contributed by atoms with Gasteiger partial charge in [-0.1, -0.05) is 15.9 Å². The highest BCUT2D eigenvalue weighted by Crippen LogP contribution is 2.32. The van der Waals surface area contributed by atoms with E-state index < -0.39 is 0 Å². The van der Waals surface area contributed by atoms with Crippen molar-refractivity contribution in [1.29, 1.82) is 0 Å². The van der Waals surface area contributed by atoms with Gasteiger partial charge < -0.3 is 9.84 Å². The van der Waals surface area contributed by atoms with E-state index in [1.165, 1.54) is 25.7 Å². The van der Waals surface area contributed by atoms with Gasteiger partial charge in [-0.15, -0.1) is 0 Å². The Hall–Kier alpha value is -2.41. The van der Waals surface area contributed by atoms with Crippen LogP contribution >= 0.6 is 15.9 Å². The van der Waals surface area contributed by atoms with Gasteiger partial charge in [-0.05, 0) is 24.3 Å². The monoisotopic (exact) mass is 349 g/mol. The number of rotatable bonds is 4. The van der Waals surface area contributed by atoms with Crippen LogP contribution in [0.3, 0.4) is 0 Å². The number of pyridine rings is 1. The fourth-order valence-electron chi connectivity index (χ4n) is 1.58. The number of nitrogens with one attached hydrogen (secondary N) is 1. The maximum atomic E-state index is 11.8. The maximum absolute atomic E-state index is 11.8. The van der Waals surface area contributed by atoms with Crippen molar-refractivity contribution in [3.8, 4) is 11.5 Å². The van der Waals surface area contributed by atoms with Gasteiger partial charge in [0, 0.05) is 28.0 Å². The second-order valence-corrected chi connectivity index (χ2v) is 4.90. The van der Waals surface area contributed by atoms with Crippen LogP contribution in [0.2, 0.25) is 0 Å². The Morgan fingerprint density at radius 1 is 1.43 bits per heavy atom. The van der Waals surface area contributed by atoms with Gasteiger partial charge in [-0.3, -0.25) is 9.78 Å². The highest BCUT2D eigenvalue weighted by molar-refractivity contribution is 9.10. The van der Waals surface area contributed by atoms with Crippen molar-refractivity contribution in [3.05, 3.63) is 52.3 Å². The molecule has 0 bridgehead atoms. The Labute approximate surface area is 129 Å². The summed E-state index contributed by atoms with van der Waals surface area (Å²) >= 11 is 3.30. The summed E-state index contributed by atoms with van der Waals surface area (Å²) in [7, 11) is 1.45. The average Bonchev–Trinajstić information content (AvgIpc) is 2.51. The number of nitrogens with zero attached hydrogens (tertiary/aromatic N) is 2. The fourth-order valence-corrected chi connectivity index (χ4v) is 2.03. The Morgan fingerprint density at radius 2 is 2.14 bits per heavy atom. The third kappa shape index (κ3) is 3.79. The average molecular weight is 350 g/mol. The first-order valence-electron chi connectivity index (χ1n) is 5.91. The van der Waals surface area contributed by atoms with Crippen molar-refractivity contribution in [2.24, 2.45) is 5.10 Å². The summed E-state index contributed by atoms with van der Waals surface area (Å²) in [5.41, 5.74) is 3.22. The van der Waals surface area contributed by atoms with Crippen LogP contribution in [0.4, 0.5) is 0 Å². The Kier molecular flexibility index (Phi) is 4.89. The second kappa shape index (κ2) is 6.85. The number of carbonyl (C=O) groups is 1. The molecule has 21 heavy (non-hydrogen) atoms. The Balaban J connectivity index is 2.12. The first-order valence-corrected chi connectivity index (χ1v) is 6.71. The SMILES string of the molecule is COc1cc(Br)cc(/C=N\NC(=O)c2ccncc2)c1O. The molecule has 6 nitrogen and oxygen atoms in total. The molecular weight excluding hydrogens is 338 g/mol. The third-order valence-corrected chi connectivity index (χ3v) is 3.06. The van der Waals surface area contributed by atoms with Gasteiger partial charge in [-0.25, -0.2) is 5.43 Å². The molecule has 0 fully saturated rings. The number of aromatic hydroxyl groups is 1. The lowest BCUT2D eigenvalue weighted by Crippen LogP contribution is -2.17. The first kappa shape index (κ1) is 15.0. The van der Waals surface area contributed by atoms with Crippen LogP contribution in [0.25, 0.3) is 0 Å². The number of hydrogen-bond acceptors (Lipinski definition) is 5. The molecule has 0 spiro atoms. The van der Waals surface area contributed by atoms with E-state index in [-0.39, 0.29) is 11.7 Å². The molecule has 0 aliphatic rings. The van der Waals surface area contributed by atoms with Crippen LogP contribution in [0, 0.1) is 0 Å². The number of hydrazone groups is 1. The molecule has 2 N–H and O–H groups in total. The van der Waals surface area contributed by atoms with E-state index in [4.69, 9.17) is 4.74 Å². The summed E-state index contributed by atoms with van der Waals surface area (Å²) in [6.45, 7) is 0. The number of ether oxygens (including phenoxy) is 1. The second-order valence-electron chi connectivity index (χ2n) is 3.98. The van der Waals surface area contributed by atoms with Gasteiger partial charge in [0.05, 0.1) is 13.3 Å². The van der Waals surface area contributed by atoms with Crippen LogP contribution in [0.15, 0.2) is 46.2 Å². The topological polar surface area (TPSA) is 83.8 Å². The van der Waals surface area contributed by atoms with Crippen LogP contribution < -0.4 is 10.2 Å². The first-order chi connectivity index (χ1) is 10.1. The number of hydrogen-bond donors (Lipinski definition) is 2. The van der Waals surface area contributed by atoms with E-state index in [0.717, 1.165) is 4.47 Å². The van der Waals surface area contributed by atoms with Crippen LogP contribution in [-0.4, -0.2) is 29.3 Å². The fraction of sp³-hybridized carbons (Fsp3) is 0.0714. The molecule has 0 saturated heterocycles. The number of aromatic nitrogens is 1. The lowest BCUT2D eigenvalue weighted by atomic mass is 10.2. The molecule has 108 valence electrons. The zero-order valence-corrected chi connectivity index (χ0v) is 12.7. The lowest BCUT2D eigenvalue weighted by molar-refractivity contribution is 0.0955. The smallest absolute Gasteiger partial charge is 0.271 e. The minimum absolute atomic E-state index is 0.0531. The number of carbonyl (C=O) groups excluding carboxylic acids is 1. The molecule has 1 aromatic heterocycles. The van der Waals surface area contributed by atoms with Gasteiger partial charge in [0.2, 0.25) is 0 Å². The van der Waals surface area contributed by atoms with Gasteiger partial charge >= 0.3 is 0 Å². The van der Waals surface area contributed by atoms with E-state index in [0.29, 0.717) is 16.9 Å². The molecule has 2 aromatic rings. The van der Waals surface area contributed by atoms with E-state index in [2.05, 4.69) is 31.4 Å². The number of benzene rings is 1. The molecule has 0 saturated carbocycles. The highest BCUT2D eigenvalue weighted by Gasteiger charge is 2.08. The molecule has 2 rings (SSSR count). The maximum Gasteiger partial charge on any atom is 0.271 e. The van der Waals surface area contributed by atoms with E-state index in [1.807, 2.05) is 0 Å². The zero-order valence-electron chi connectivity index (χ0n) is 11.1. The summed E-state index contributed by atoms with van der Waals surface area (Å²) in [6.07, 6.45) is 4.37. The van der Waals surface area contributed by atoms with E-state index >= 15 is 0 Å². The largest absolute Gasteiger partial charge is 0.504 e. The third-order valence-electron chi connectivity index (χ3n) is 2.60. The van der Waals surface area contributed by atoms with Crippen LogP contribution in [0.1, 0.15) is 15.9 Å². The van der Waals surface area contributed by atoms with Crippen molar-refractivity contribution in [2.75, 3.05) is 7.11 Å². The molecule has 0 atom stereocenters. The predicted molar refractivity (Wildman–Crippen MR) is 81.7 cm³/mol. The Morgan fingerprint density at radius 3 is 2.81 bits per heavy atom. The lowest BCUT2D eigenvalue weighted by Gasteiger charge is -2.06. The number of amides is 1. The molecular formula is C14H12BrN3O3. The van der Waals surface area contributed by atoms with Crippen molar-refractivity contribution < 1.29 is 14.6 Å².